The lowest BCUT2D eigenvalue weighted by atomic mass is 9.62. The van der Waals surface area contributed by atoms with Crippen molar-refractivity contribution < 1.29 is 4.39 Å². The minimum atomic E-state index is -1.19. The number of thiophene rings is 1. The highest BCUT2D eigenvalue weighted by Gasteiger charge is 2.47. The Kier molecular flexibility index (Phi) is 3.42. The summed E-state index contributed by atoms with van der Waals surface area (Å²) in [5, 5.41) is 1.10. The van der Waals surface area contributed by atoms with E-state index in [0.717, 1.165) is 39.9 Å². The second-order valence-corrected chi connectivity index (χ2v) is 9.32. The Balaban J connectivity index is 1.63. The van der Waals surface area contributed by atoms with Gasteiger partial charge in [-0.3, -0.25) is 0 Å². The highest BCUT2D eigenvalue weighted by molar-refractivity contribution is 7.18. The molecule has 1 saturated carbocycles. The number of nitrogens with zero attached hydrogens (tertiary/aromatic N) is 3. The molecule has 23 heavy (non-hydrogen) atoms. The van der Waals surface area contributed by atoms with E-state index in [2.05, 4.69) is 27.9 Å². The molecule has 3 heterocycles. The molecule has 2 fully saturated rings. The van der Waals surface area contributed by atoms with Gasteiger partial charge in [0.05, 0.1) is 5.39 Å². The molecule has 4 rings (SSSR count). The van der Waals surface area contributed by atoms with E-state index in [1.807, 2.05) is 0 Å². The molecule has 0 bridgehead atoms. The summed E-state index contributed by atoms with van der Waals surface area (Å²) in [4.78, 5) is 13.4. The van der Waals surface area contributed by atoms with Gasteiger partial charge in [0, 0.05) is 24.4 Å². The zero-order valence-corrected chi connectivity index (χ0v) is 14.9. The predicted octanol–water partition coefficient (Wildman–Crippen LogP) is 4.61. The van der Waals surface area contributed by atoms with Crippen LogP contribution in [0.4, 0.5) is 10.2 Å². The van der Waals surface area contributed by atoms with Crippen molar-refractivity contribution in [3.63, 3.8) is 0 Å². The fourth-order valence-electron chi connectivity index (χ4n) is 4.51. The molecule has 2 aromatic heterocycles. The molecule has 0 N–H and O–H groups in total. The smallest absolute Gasteiger partial charge is 0.140 e. The Morgan fingerprint density at radius 3 is 2.87 bits per heavy atom. The molecule has 3 nitrogen and oxygen atoms in total. The summed E-state index contributed by atoms with van der Waals surface area (Å²) in [6.07, 6.45) is 6.07. The van der Waals surface area contributed by atoms with Crippen LogP contribution in [0.1, 0.15) is 44.9 Å². The van der Waals surface area contributed by atoms with Crippen LogP contribution < -0.4 is 4.90 Å². The van der Waals surface area contributed by atoms with Crippen molar-refractivity contribution >= 4 is 27.4 Å². The Hall–Kier alpha value is -1.23. The standard InChI is InChI=1S/C18H24FN3S/c1-12-7-18(8-12)4-5-22(10-18)15-14-6-13(9-17(2,3)19)23-16(14)21-11-20-15/h6,11-12H,4-5,7-10H2,1-3H3. The van der Waals surface area contributed by atoms with Gasteiger partial charge in [-0.1, -0.05) is 6.92 Å². The van der Waals surface area contributed by atoms with Crippen molar-refractivity contribution in [2.75, 3.05) is 18.0 Å². The second kappa shape index (κ2) is 5.13. The highest BCUT2D eigenvalue weighted by Crippen LogP contribution is 2.52. The maximum Gasteiger partial charge on any atom is 0.140 e. The third-order valence-electron chi connectivity index (χ3n) is 5.25. The van der Waals surface area contributed by atoms with Crippen molar-refractivity contribution in [2.45, 2.75) is 52.1 Å². The van der Waals surface area contributed by atoms with Gasteiger partial charge in [0.2, 0.25) is 0 Å². The normalized spacial score (nSPS) is 27.8. The minimum Gasteiger partial charge on any atom is -0.355 e. The first kappa shape index (κ1) is 15.3. The summed E-state index contributed by atoms with van der Waals surface area (Å²) in [6.45, 7) is 7.81. The molecule has 0 unspecified atom stereocenters. The molecule has 0 amide bonds. The van der Waals surface area contributed by atoms with E-state index in [0.29, 0.717) is 11.8 Å². The molecular weight excluding hydrogens is 309 g/mol. The van der Waals surface area contributed by atoms with Gasteiger partial charge in [0.25, 0.3) is 0 Å². The van der Waals surface area contributed by atoms with E-state index >= 15 is 0 Å². The zero-order chi connectivity index (χ0) is 16.2. The summed E-state index contributed by atoms with van der Waals surface area (Å²) in [6, 6.07) is 2.10. The van der Waals surface area contributed by atoms with Gasteiger partial charge in [-0.15, -0.1) is 11.3 Å². The number of fused-ring (bicyclic) bond motifs is 1. The molecule has 1 saturated heterocycles. The van der Waals surface area contributed by atoms with Crippen LogP contribution in [0.3, 0.4) is 0 Å². The van der Waals surface area contributed by atoms with Gasteiger partial charge < -0.3 is 4.90 Å². The molecule has 1 aliphatic heterocycles. The molecule has 5 heteroatoms. The van der Waals surface area contributed by atoms with Gasteiger partial charge in [-0.2, -0.15) is 0 Å². The first-order valence-corrected chi connectivity index (χ1v) is 9.33. The number of hydrogen-bond acceptors (Lipinski definition) is 4. The van der Waals surface area contributed by atoms with Crippen LogP contribution in [-0.4, -0.2) is 28.7 Å². The monoisotopic (exact) mass is 333 g/mol. The van der Waals surface area contributed by atoms with Crippen LogP contribution >= 0.6 is 11.3 Å². The Morgan fingerprint density at radius 1 is 1.39 bits per heavy atom. The third-order valence-corrected chi connectivity index (χ3v) is 6.30. The number of anilines is 1. The lowest BCUT2D eigenvalue weighted by molar-refractivity contribution is 0.0917. The largest absolute Gasteiger partial charge is 0.355 e. The van der Waals surface area contributed by atoms with E-state index in [4.69, 9.17) is 0 Å². The van der Waals surface area contributed by atoms with Crippen molar-refractivity contribution in [3.05, 3.63) is 17.3 Å². The van der Waals surface area contributed by atoms with E-state index in [9.17, 15) is 4.39 Å². The topological polar surface area (TPSA) is 29.0 Å². The van der Waals surface area contributed by atoms with Crippen molar-refractivity contribution in [2.24, 2.45) is 11.3 Å². The average Bonchev–Trinajstić information content (AvgIpc) is 2.99. The van der Waals surface area contributed by atoms with Crippen LogP contribution in [0.15, 0.2) is 12.4 Å². The Labute approximate surface area is 140 Å². The summed E-state index contributed by atoms with van der Waals surface area (Å²) in [7, 11) is 0. The molecular formula is C18H24FN3S. The SMILES string of the molecule is CC1CC2(CCN(c3ncnc4sc(CC(C)(C)F)cc34)C2)C1. The summed E-state index contributed by atoms with van der Waals surface area (Å²) in [5.74, 6) is 1.92. The molecule has 0 radical (unpaired) electrons. The molecule has 124 valence electrons. The molecule has 0 aromatic carbocycles. The minimum absolute atomic E-state index is 0.439. The van der Waals surface area contributed by atoms with Gasteiger partial charge in [-0.25, -0.2) is 14.4 Å². The van der Waals surface area contributed by atoms with Gasteiger partial charge in [-0.05, 0) is 50.5 Å². The van der Waals surface area contributed by atoms with Crippen molar-refractivity contribution in [1.29, 1.82) is 0 Å². The predicted molar refractivity (Wildman–Crippen MR) is 94.0 cm³/mol. The lowest BCUT2D eigenvalue weighted by Crippen LogP contribution is -2.38. The van der Waals surface area contributed by atoms with Crippen LogP contribution in [0, 0.1) is 11.3 Å². The first-order valence-electron chi connectivity index (χ1n) is 8.51. The number of rotatable bonds is 3. The van der Waals surface area contributed by atoms with E-state index in [1.54, 1.807) is 31.5 Å². The Bertz CT molecular complexity index is 727. The molecule has 0 atom stereocenters. The quantitative estimate of drug-likeness (QED) is 0.821. The summed E-state index contributed by atoms with van der Waals surface area (Å²) >= 11 is 1.60. The summed E-state index contributed by atoms with van der Waals surface area (Å²) in [5.41, 5.74) is -0.662. The van der Waals surface area contributed by atoms with Crippen LogP contribution in [0.25, 0.3) is 10.2 Å². The van der Waals surface area contributed by atoms with Crippen LogP contribution in [0.2, 0.25) is 0 Å². The van der Waals surface area contributed by atoms with E-state index in [1.165, 1.54) is 19.3 Å². The highest BCUT2D eigenvalue weighted by atomic mass is 32.1. The number of halogens is 1. The molecule has 1 aliphatic carbocycles. The molecule has 2 aromatic rings. The fourth-order valence-corrected chi connectivity index (χ4v) is 5.71. The van der Waals surface area contributed by atoms with Gasteiger partial charge >= 0.3 is 0 Å². The van der Waals surface area contributed by atoms with Gasteiger partial charge in [0.15, 0.2) is 0 Å². The molecule has 2 aliphatic rings. The third kappa shape index (κ3) is 2.84. The second-order valence-electron chi connectivity index (χ2n) is 8.21. The average molecular weight is 333 g/mol. The fraction of sp³-hybridized carbons (Fsp3) is 0.667. The van der Waals surface area contributed by atoms with Crippen molar-refractivity contribution in [3.8, 4) is 0 Å². The zero-order valence-electron chi connectivity index (χ0n) is 14.1. The van der Waals surface area contributed by atoms with E-state index in [-0.39, 0.29) is 0 Å². The van der Waals surface area contributed by atoms with E-state index < -0.39 is 5.67 Å². The Morgan fingerprint density at radius 2 is 2.17 bits per heavy atom. The molecule has 1 spiro atoms. The van der Waals surface area contributed by atoms with Crippen LogP contribution in [0.5, 0.6) is 0 Å². The number of alkyl halides is 1. The van der Waals surface area contributed by atoms with Gasteiger partial charge in [0.1, 0.15) is 22.6 Å². The first-order chi connectivity index (χ1) is 10.8. The van der Waals surface area contributed by atoms with Crippen LogP contribution in [-0.2, 0) is 6.42 Å². The van der Waals surface area contributed by atoms with Crippen molar-refractivity contribution in [1.82, 2.24) is 9.97 Å². The maximum absolute atomic E-state index is 14.0. The number of hydrogen-bond donors (Lipinski definition) is 0. The number of aromatic nitrogens is 2. The maximum atomic E-state index is 14.0. The lowest BCUT2D eigenvalue weighted by Gasteiger charge is -2.43. The summed E-state index contributed by atoms with van der Waals surface area (Å²) < 4.78 is 14.0.